The van der Waals surface area contributed by atoms with Gasteiger partial charge in [-0.05, 0) is 86.3 Å². The number of nitrogens with zero attached hydrogens (tertiary/aromatic N) is 2. The van der Waals surface area contributed by atoms with Gasteiger partial charge in [-0.2, -0.15) is 0 Å². The van der Waals surface area contributed by atoms with Gasteiger partial charge in [0, 0.05) is 35.9 Å². The van der Waals surface area contributed by atoms with Gasteiger partial charge in [-0.25, -0.2) is 4.39 Å². The lowest BCUT2D eigenvalue weighted by Gasteiger charge is -2.55. The van der Waals surface area contributed by atoms with Gasteiger partial charge < -0.3 is 15.5 Å². The highest BCUT2D eigenvalue weighted by atomic mass is 19.1. The Morgan fingerprint density at radius 3 is 2.60 bits per heavy atom. The van der Waals surface area contributed by atoms with Gasteiger partial charge >= 0.3 is 0 Å². The van der Waals surface area contributed by atoms with E-state index in [0.717, 1.165) is 54.5 Å². The van der Waals surface area contributed by atoms with Crippen LogP contribution >= 0.6 is 0 Å². The fourth-order valence-electron chi connectivity index (χ4n) is 7.67. The van der Waals surface area contributed by atoms with E-state index in [1.165, 1.54) is 12.1 Å². The minimum absolute atomic E-state index is 0.0293. The smallest absolute Gasteiger partial charge is 0.253 e. The van der Waals surface area contributed by atoms with E-state index in [2.05, 4.69) is 29.5 Å². The molecule has 1 aliphatic heterocycles. The molecule has 3 aromatic rings. The van der Waals surface area contributed by atoms with E-state index in [9.17, 15) is 14.0 Å². The maximum absolute atomic E-state index is 13.7. The second-order valence-corrected chi connectivity index (χ2v) is 12.6. The third-order valence-electron chi connectivity index (χ3n) is 8.99. The molecule has 6 nitrogen and oxygen atoms in total. The average Bonchev–Trinajstić information content (AvgIpc) is 3.35. The summed E-state index contributed by atoms with van der Waals surface area (Å²) in [7, 11) is 0. The first-order chi connectivity index (χ1) is 19.2. The van der Waals surface area contributed by atoms with Crippen LogP contribution in [0.15, 0.2) is 66.9 Å². The number of pyridine rings is 1. The molecule has 208 valence electrons. The highest BCUT2D eigenvalue weighted by Crippen LogP contribution is 2.49. The van der Waals surface area contributed by atoms with Crippen LogP contribution < -0.4 is 10.6 Å². The molecule has 7 heteroatoms. The molecule has 4 atom stereocenters. The molecule has 2 fully saturated rings. The zero-order valence-corrected chi connectivity index (χ0v) is 23.3. The normalized spacial score (nSPS) is 27.2. The minimum Gasteiger partial charge on any atom is -0.347 e. The lowest BCUT2D eigenvalue weighted by molar-refractivity contribution is -0.131. The van der Waals surface area contributed by atoms with Gasteiger partial charge in [-0.15, -0.1) is 0 Å². The highest BCUT2D eigenvalue weighted by molar-refractivity contribution is 5.94. The number of aromatic nitrogens is 1. The van der Waals surface area contributed by atoms with Crippen molar-refractivity contribution in [3.63, 3.8) is 0 Å². The topological polar surface area (TPSA) is 74.3 Å². The quantitative estimate of drug-likeness (QED) is 0.435. The number of rotatable bonds is 6. The molecule has 2 heterocycles. The van der Waals surface area contributed by atoms with E-state index < -0.39 is 5.54 Å². The standard InChI is InChI=1S/C33H37FN4O2/c1-22-12-23-15-32(2,37-31(40)25-9-11-29(35-17-25)24-6-4-3-5-7-24)21-33(14-22,16-23)36-18-30(39)38-19-26-8-10-28(34)13-27(26)20-38/h3-11,13,17,22-23,36H,12,14-16,18-21H2,1-2H3,(H,37,40). The summed E-state index contributed by atoms with van der Waals surface area (Å²) in [5, 5.41) is 7.03. The van der Waals surface area contributed by atoms with Gasteiger partial charge in [0.25, 0.3) is 5.91 Å². The van der Waals surface area contributed by atoms with Crippen molar-refractivity contribution in [3.05, 3.63) is 89.4 Å². The summed E-state index contributed by atoms with van der Waals surface area (Å²) in [5.74, 6) is 0.676. The van der Waals surface area contributed by atoms with Crippen molar-refractivity contribution in [3.8, 4) is 11.3 Å². The molecule has 2 N–H and O–H groups in total. The van der Waals surface area contributed by atoms with Gasteiger partial charge in [-0.1, -0.05) is 43.3 Å². The Hall–Kier alpha value is -3.58. The highest BCUT2D eigenvalue weighted by Gasteiger charge is 2.50. The zero-order chi connectivity index (χ0) is 27.9. The van der Waals surface area contributed by atoms with Crippen molar-refractivity contribution >= 4 is 11.8 Å². The summed E-state index contributed by atoms with van der Waals surface area (Å²) in [5.41, 5.74) is 3.69. The van der Waals surface area contributed by atoms with Gasteiger partial charge in [0.2, 0.25) is 5.91 Å². The molecule has 0 spiro atoms. The second kappa shape index (κ2) is 10.4. The van der Waals surface area contributed by atoms with Crippen LogP contribution in [0.1, 0.15) is 67.4 Å². The molecular weight excluding hydrogens is 503 g/mol. The van der Waals surface area contributed by atoms with Gasteiger partial charge in [-0.3, -0.25) is 14.6 Å². The monoisotopic (exact) mass is 540 g/mol. The summed E-state index contributed by atoms with van der Waals surface area (Å²) in [6.45, 7) is 5.64. The molecule has 4 unspecified atom stereocenters. The number of amides is 2. The summed E-state index contributed by atoms with van der Waals surface area (Å²) in [4.78, 5) is 32.9. The Labute approximate surface area is 235 Å². The molecular formula is C33H37FN4O2. The Morgan fingerprint density at radius 1 is 1.02 bits per heavy atom. The van der Waals surface area contributed by atoms with Gasteiger partial charge in [0.15, 0.2) is 0 Å². The number of fused-ring (bicyclic) bond motifs is 3. The molecule has 0 saturated heterocycles. The molecule has 40 heavy (non-hydrogen) atoms. The third kappa shape index (κ3) is 5.52. The Bertz CT molecular complexity index is 1410. The van der Waals surface area contributed by atoms with Crippen LogP contribution in [-0.2, 0) is 17.9 Å². The van der Waals surface area contributed by atoms with Crippen molar-refractivity contribution in [2.45, 2.75) is 70.1 Å². The van der Waals surface area contributed by atoms with Crippen LogP contribution in [0.2, 0.25) is 0 Å². The Morgan fingerprint density at radius 2 is 1.82 bits per heavy atom. The fraction of sp³-hybridized carbons (Fsp3) is 0.424. The van der Waals surface area contributed by atoms with Crippen LogP contribution in [0.3, 0.4) is 0 Å². The predicted octanol–water partition coefficient (Wildman–Crippen LogP) is 5.48. The van der Waals surface area contributed by atoms with E-state index in [1.54, 1.807) is 17.2 Å². The first kappa shape index (κ1) is 26.6. The molecule has 2 saturated carbocycles. The average molecular weight is 541 g/mol. The third-order valence-corrected chi connectivity index (χ3v) is 8.99. The molecule has 2 aromatic carbocycles. The molecule has 2 bridgehead atoms. The number of hydrogen-bond donors (Lipinski definition) is 2. The summed E-state index contributed by atoms with van der Waals surface area (Å²) < 4.78 is 13.7. The van der Waals surface area contributed by atoms with Crippen molar-refractivity contribution in [2.75, 3.05) is 6.54 Å². The number of carbonyl (C=O) groups excluding carboxylic acids is 2. The summed E-state index contributed by atoms with van der Waals surface area (Å²) in [6.07, 6.45) is 6.45. The van der Waals surface area contributed by atoms with Gasteiger partial charge in [0.05, 0.1) is 17.8 Å². The van der Waals surface area contributed by atoms with E-state index in [0.29, 0.717) is 30.5 Å². The van der Waals surface area contributed by atoms with E-state index in [1.807, 2.05) is 42.5 Å². The first-order valence-electron chi connectivity index (χ1n) is 14.3. The summed E-state index contributed by atoms with van der Waals surface area (Å²) >= 11 is 0. The minimum atomic E-state index is -0.393. The lowest BCUT2D eigenvalue weighted by atomic mass is 9.58. The van der Waals surface area contributed by atoms with Crippen molar-refractivity contribution in [1.29, 1.82) is 0 Å². The maximum atomic E-state index is 13.7. The van der Waals surface area contributed by atoms with E-state index >= 15 is 0 Å². The molecule has 3 aliphatic rings. The molecule has 6 rings (SSSR count). The van der Waals surface area contributed by atoms with Crippen molar-refractivity contribution < 1.29 is 14.0 Å². The molecule has 2 amide bonds. The van der Waals surface area contributed by atoms with Crippen LogP contribution in [0.4, 0.5) is 4.39 Å². The largest absolute Gasteiger partial charge is 0.347 e. The van der Waals surface area contributed by atoms with Gasteiger partial charge in [0.1, 0.15) is 5.82 Å². The van der Waals surface area contributed by atoms with Crippen LogP contribution in [0.5, 0.6) is 0 Å². The van der Waals surface area contributed by atoms with E-state index in [-0.39, 0.29) is 29.7 Å². The lowest BCUT2D eigenvalue weighted by Crippen LogP contribution is -2.64. The fourth-order valence-corrected chi connectivity index (χ4v) is 7.67. The van der Waals surface area contributed by atoms with Crippen molar-refractivity contribution in [2.24, 2.45) is 11.8 Å². The second-order valence-electron chi connectivity index (χ2n) is 12.6. The molecule has 1 aromatic heterocycles. The number of nitrogens with one attached hydrogen (secondary N) is 2. The summed E-state index contributed by atoms with van der Waals surface area (Å²) in [6, 6.07) is 18.4. The SMILES string of the molecule is CC1CC2CC(C)(NC(=O)c3ccc(-c4ccccc4)nc3)CC(NCC(=O)N3Cc4ccc(F)cc4C3)(C1)C2. The number of halogens is 1. The maximum Gasteiger partial charge on any atom is 0.253 e. The van der Waals surface area contributed by atoms with E-state index in [4.69, 9.17) is 0 Å². The Kier molecular flexibility index (Phi) is 6.95. The van der Waals surface area contributed by atoms with Crippen molar-refractivity contribution in [1.82, 2.24) is 20.5 Å². The predicted molar refractivity (Wildman–Crippen MR) is 153 cm³/mol. The Balaban J connectivity index is 1.12. The number of carbonyl (C=O) groups is 2. The van der Waals surface area contributed by atoms with Crippen LogP contribution in [-0.4, -0.2) is 39.3 Å². The van der Waals surface area contributed by atoms with Crippen LogP contribution in [0.25, 0.3) is 11.3 Å². The number of benzene rings is 2. The molecule has 0 radical (unpaired) electrons. The molecule has 2 aliphatic carbocycles. The zero-order valence-electron chi connectivity index (χ0n) is 23.3. The number of hydrogen-bond acceptors (Lipinski definition) is 4. The van der Waals surface area contributed by atoms with Crippen LogP contribution in [0, 0.1) is 17.7 Å². The first-order valence-corrected chi connectivity index (χ1v) is 14.3.